The molecule has 1 N–H and O–H groups in total. The molecule has 1 aliphatic heterocycles. The summed E-state index contributed by atoms with van der Waals surface area (Å²) < 4.78 is 14.9. The van der Waals surface area contributed by atoms with E-state index in [1.165, 1.54) is 12.1 Å². The molecular formula is C24H25FN4O. The zero-order valence-electron chi connectivity index (χ0n) is 17.4. The first kappa shape index (κ1) is 20.1. The van der Waals surface area contributed by atoms with Crippen LogP contribution in [0.15, 0.2) is 47.3 Å². The fourth-order valence-electron chi connectivity index (χ4n) is 4.42. The largest absolute Gasteiger partial charge is 0.367 e. The molecule has 0 saturated carbocycles. The van der Waals surface area contributed by atoms with Gasteiger partial charge in [-0.2, -0.15) is 5.26 Å². The minimum absolute atomic E-state index is 0.163. The van der Waals surface area contributed by atoms with E-state index < -0.39 is 0 Å². The number of halogens is 1. The summed E-state index contributed by atoms with van der Waals surface area (Å²) in [6, 6.07) is 14.8. The van der Waals surface area contributed by atoms with Gasteiger partial charge in [-0.3, -0.25) is 4.79 Å². The molecule has 2 unspecified atom stereocenters. The highest BCUT2D eigenvalue weighted by Gasteiger charge is 2.27. The van der Waals surface area contributed by atoms with Gasteiger partial charge in [-0.15, -0.1) is 0 Å². The van der Waals surface area contributed by atoms with Gasteiger partial charge in [-0.1, -0.05) is 23.8 Å². The zero-order valence-corrected chi connectivity index (χ0v) is 17.4. The lowest BCUT2D eigenvalue weighted by atomic mass is 10.0. The SMILES string of the molecule is Cc1ccc2c(c1)c(N1CC(C)NC(C)C1)c(C#N)c(=O)n2Cc1ccc(F)cc1. The molecule has 6 heteroatoms. The van der Waals surface area contributed by atoms with Crippen molar-refractivity contribution in [1.82, 2.24) is 9.88 Å². The van der Waals surface area contributed by atoms with E-state index in [1.54, 1.807) is 16.7 Å². The average Bonchev–Trinajstić information content (AvgIpc) is 2.70. The third-order valence-corrected chi connectivity index (χ3v) is 5.63. The van der Waals surface area contributed by atoms with E-state index in [2.05, 4.69) is 30.1 Å². The molecular weight excluding hydrogens is 379 g/mol. The number of anilines is 1. The highest BCUT2D eigenvalue weighted by molar-refractivity contribution is 5.95. The van der Waals surface area contributed by atoms with Gasteiger partial charge >= 0.3 is 0 Å². The van der Waals surface area contributed by atoms with Crippen molar-refractivity contribution in [3.63, 3.8) is 0 Å². The minimum atomic E-state index is -0.318. The topological polar surface area (TPSA) is 61.1 Å². The molecule has 0 aliphatic carbocycles. The summed E-state index contributed by atoms with van der Waals surface area (Å²) in [5.74, 6) is -0.318. The first-order chi connectivity index (χ1) is 14.4. The van der Waals surface area contributed by atoms with Crippen molar-refractivity contribution >= 4 is 16.6 Å². The van der Waals surface area contributed by atoms with Crippen molar-refractivity contribution in [2.45, 2.75) is 39.4 Å². The van der Waals surface area contributed by atoms with E-state index in [0.717, 1.165) is 40.8 Å². The number of aromatic nitrogens is 1. The third kappa shape index (κ3) is 3.69. The van der Waals surface area contributed by atoms with Crippen molar-refractivity contribution in [3.8, 4) is 6.07 Å². The van der Waals surface area contributed by atoms with E-state index >= 15 is 0 Å². The minimum Gasteiger partial charge on any atom is -0.367 e. The van der Waals surface area contributed by atoms with Crippen molar-refractivity contribution < 1.29 is 4.39 Å². The molecule has 0 spiro atoms. The lowest BCUT2D eigenvalue weighted by molar-refractivity contribution is 0.407. The molecule has 3 aromatic rings. The first-order valence-corrected chi connectivity index (χ1v) is 10.2. The Labute approximate surface area is 175 Å². The standard InChI is InChI=1S/C24H25FN4O/c1-15-4-9-22-20(10-15)23(28-12-16(2)27-17(3)13-28)21(11-26)24(30)29(22)14-18-5-7-19(25)8-6-18/h4-10,16-17,27H,12-14H2,1-3H3. The molecule has 5 nitrogen and oxygen atoms in total. The van der Waals surface area contributed by atoms with Crippen molar-refractivity contribution in [3.05, 3.63) is 75.3 Å². The molecule has 30 heavy (non-hydrogen) atoms. The van der Waals surface area contributed by atoms with Crippen molar-refractivity contribution in [2.75, 3.05) is 18.0 Å². The lowest BCUT2D eigenvalue weighted by Gasteiger charge is -2.38. The van der Waals surface area contributed by atoms with Gasteiger partial charge < -0.3 is 14.8 Å². The fourth-order valence-corrected chi connectivity index (χ4v) is 4.42. The highest BCUT2D eigenvalue weighted by Crippen LogP contribution is 2.31. The van der Waals surface area contributed by atoms with Crippen LogP contribution in [0.1, 0.15) is 30.5 Å². The van der Waals surface area contributed by atoms with Crippen molar-refractivity contribution in [1.29, 1.82) is 5.26 Å². The molecule has 0 amide bonds. The van der Waals surface area contributed by atoms with E-state index in [4.69, 9.17) is 0 Å². The molecule has 0 radical (unpaired) electrons. The molecule has 1 saturated heterocycles. The van der Waals surface area contributed by atoms with Gasteiger partial charge in [0, 0.05) is 30.6 Å². The quantitative estimate of drug-likeness (QED) is 0.725. The number of hydrogen-bond acceptors (Lipinski definition) is 4. The Morgan fingerprint density at radius 3 is 2.43 bits per heavy atom. The average molecular weight is 404 g/mol. The summed E-state index contributed by atoms with van der Waals surface area (Å²) in [5, 5.41) is 14.4. The lowest BCUT2D eigenvalue weighted by Crippen LogP contribution is -2.54. The molecule has 2 atom stereocenters. The predicted octanol–water partition coefficient (Wildman–Crippen LogP) is 3.56. The van der Waals surface area contributed by atoms with Crippen LogP contribution in [-0.2, 0) is 6.54 Å². The number of rotatable bonds is 3. The van der Waals surface area contributed by atoms with Crippen LogP contribution >= 0.6 is 0 Å². The molecule has 1 fully saturated rings. The molecule has 4 rings (SSSR count). The fraction of sp³-hybridized carbons (Fsp3) is 0.333. The molecule has 2 heterocycles. The number of benzene rings is 2. The monoisotopic (exact) mass is 404 g/mol. The Kier molecular flexibility index (Phi) is 5.31. The van der Waals surface area contributed by atoms with Gasteiger partial charge in [-0.25, -0.2) is 4.39 Å². The smallest absolute Gasteiger partial charge is 0.271 e. The Hall–Kier alpha value is -3.17. The number of pyridine rings is 1. The van der Waals surface area contributed by atoms with Gasteiger partial charge in [0.1, 0.15) is 17.4 Å². The van der Waals surface area contributed by atoms with Crippen LogP contribution in [0.25, 0.3) is 10.9 Å². The summed E-state index contributed by atoms with van der Waals surface area (Å²) in [5.41, 5.74) is 3.22. The van der Waals surface area contributed by atoms with Crippen LogP contribution in [0.5, 0.6) is 0 Å². The van der Waals surface area contributed by atoms with Crippen LogP contribution in [0, 0.1) is 24.1 Å². The normalized spacial score (nSPS) is 19.1. The maximum Gasteiger partial charge on any atom is 0.271 e. The van der Waals surface area contributed by atoms with Gasteiger partial charge in [0.2, 0.25) is 0 Å². The maximum absolute atomic E-state index is 13.4. The van der Waals surface area contributed by atoms with Crippen LogP contribution in [0.3, 0.4) is 0 Å². The van der Waals surface area contributed by atoms with Crippen LogP contribution in [0.2, 0.25) is 0 Å². The Balaban J connectivity index is 1.95. The summed E-state index contributed by atoms with van der Waals surface area (Å²) in [6.45, 7) is 7.96. The second-order valence-corrected chi connectivity index (χ2v) is 8.25. The summed E-state index contributed by atoms with van der Waals surface area (Å²) in [6.07, 6.45) is 0. The van der Waals surface area contributed by atoms with E-state index in [-0.39, 0.29) is 35.6 Å². The summed E-state index contributed by atoms with van der Waals surface area (Å²) in [4.78, 5) is 15.6. The number of nitrogens with zero attached hydrogens (tertiary/aromatic N) is 3. The molecule has 1 aliphatic rings. The van der Waals surface area contributed by atoms with Gasteiger partial charge in [0.05, 0.1) is 17.7 Å². The molecule has 0 bridgehead atoms. The highest BCUT2D eigenvalue weighted by atomic mass is 19.1. The third-order valence-electron chi connectivity index (χ3n) is 5.63. The van der Waals surface area contributed by atoms with Gasteiger partial charge in [0.15, 0.2) is 0 Å². The number of fused-ring (bicyclic) bond motifs is 1. The first-order valence-electron chi connectivity index (χ1n) is 10.2. The number of hydrogen-bond donors (Lipinski definition) is 1. The molecule has 2 aromatic carbocycles. The van der Waals surface area contributed by atoms with Crippen molar-refractivity contribution in [2.24, 2.45) is 0 Å². The van der Waals surface area contributed by atoms with Gasteiger partial charge in [0.25, 0.3) is 5.56 Å². The second-order valence-electron chi connectivity index (χ2n) is 8.25. The van der Waals surface area contributed by atoms with Crippen LogP contribution in [-0.4, -0.2) is 29.7 Å². The van der Waals surface area contributed by atoms with Gasteiger partial charge in [-0.05, 0) is 50.6 Å². The molecule has 1 aromatic heterocycles. The number of aryl methyl sites for hydroxylation is 1. The van der Waals surface area contributed by atoms with E-state index in [1.807, 2.05) is 25.1 Å². The van der Waals surface area contributed by atoms with E-state index in [0.29, 0.717) is 0 Å². The Bertz CT molecular complexity index is 1180. The number of nitriles is 1. The maximum atomic E-state index is 13.4. The second kappa shape index (κ2) is 7.92. The number of piperazine rings is 1. The zero-order chi connectivity index (χ0) is 21.4. The Morgan fingerprint density at radius 2 is 1.80 bits per heavy atom. The van der Waals surface area contributed by atoms with E-state index in [9.17, 15) is 14.4 Å². The van der Waals surface area contributed by atoms with Crippen LogP contribution < -0.4 is 15.8 Å². The number of nitrogens with one attached hydrogen (secondary N) is 1. The molecule has 154 valence electrons. The summed E-state index contributed by atoms with van der Waals surface area (Å²) >= 11 is 0. The summed E-state index contributed by atoms with van der Waals surface area (Å²) in [7, 11) is 0. The Morgan fingerprint density at radius 1 is 1.13 bits per heavy atom. The van der Waals surface area contributed by atoms with Crippen LogP contribution in [0.4, 0.5) is 10.1 Å². The predicted molar refractivity (Wildman–Crippen MR) is 117 cm³/mol.